The quantitative estimate of drug-likeness (QED) is 0.681. The van der Waals surface area contributed by atoms with E-state index in [0.29, 0.717) is 17.7 Å². The molecule has 3 N–H and O–H groups in total. The van der Waals surface area contributed by atoms with Crippen LogP contribution in [-0.2, 0) is 21.2 Å². The van der Waals surface area contributed by atoms with Crippen LogP contribution < -0.4 is 5.73 Å². The van der Waals surface area contributed by atoms with Crippen LogP contribution in [0.2, 0.25) is 0 Å². The van der Waals surface area contributed by atoms with E-state index in [-0.39, 0.29) is 31.2 Å². The predicted octanol–water partition coefficient (Wildman–Crippen LogP) is 0.461. The minimum atomic E-state index is -3.69. The van der Waals surface area contributed by atoms with Crippen molar-refractivity contribution in [2.75, 3.05) is 39.1 Å². The Balaban J connectivity index is 3.21. The summed E-state index contributed by atoms with van der Waals surface area (Å²) in [5.74, 6) is 0. The van der Waals surface area contributed by atoms with Crippen LogP contribution in [0.5, 0.6) is 0 Å². The number of nitrogens with zero attached hydrogens (tertiary/aromatic N) is 1. The van der Waals surface area contributed by atoms with Gasteiger partial charge in [0, 0.05) is 25.9 Å². The maximum absolute atomic E-state index is 12.7. The lowest BCUT2D eigenvalue weighted by atomic mass is 10.1. The maximum Gasteiger partial charge on any atom is 0.243 e. The van der Waals surface area contributed by atoms with Crippen molar-refractivity contribution in [3.05, 3.63) is 23.8 Å². The molecule has 20 heavy (non-hydrogen) atoms. The standard InChI is InChI=1S/C13H22N2O4S/c1-3-11-4-5-12(14)10-13(11)20(17,18)15(6-8-16)7-9-19-2/h4-5,10,16H,3,6-9,14H2,1-2H3. The van der Waals surface area contributed by atoms with Crippen LogP contribution in [0.15, 0.2) is 23.1 Å². The van der Waals surface area contributed by atoms with Gasteiger partial charge >= 0.3 is 0 Å². The minimum Gasteiger partial charge on any atom is -0.399 e. The lowest BCUT2D eigenvalue weighted by Gasteiger charge is -2.22. The number of anilines is 1. The van der Waals surface area contributed by atoms with Crippen LogP contribution in [0.1, 0.15) is 12.5 Å². The lowest BCUT2D eigenvalue weighted by Crippen LogP contribution is -2.36. The van der Waals surface area contributed by atoms with Crippen molar-refractivity contribution < 1.29 is 18.3 Å². The second-order valence-corrected chi connectivity index (χ2v) is 6.25. The number of aryl methyl sites for hydroxylation is 1. The van der Waals surface area contributed by atoms with E-state index in [9.17, 15) is 8.42 Å². The molecule has 114 valence electrons. The number of hydrogen-bond donors (Lipinski definition) is 2. The highest BCUT2D eigenvalue weighted by molar-refractivity contribution is 7.89. The molecule has 7 heteroatoms. The van der Waals surface area contributed by atoms with Crippen molar-refractivity contribution in [3.8, 4) is 0 Å². The summed E-state index contributed by atoms with van der Waals surface area (Å²) in [5.41, 5.74) is 6.80. The summed E-state index contributed by atoms with van der Waals surface area (Å²) >= 11 is 0. The molecule has 1 aromatic carbocycles. The first-order chi connectivity index (χ1) is 9.47. The third kappa shape index (κ3) is 3.92. The number of ether oxygens (including phenoxy) is 1. The maximum atomic E-state index is 12.7. The highest BCUT2D eigenvalue weighted by atomic mass is 32.2. The average Bonchev–Trinajstić information content (AvgIpc) is 2.43. The summed E-state index contributed by atoms with van der Waals surface area (Å²) in [6.07, 6.45) is 0.589. The first-order valence-electron chi connectivity index (χ1n) is 6.45. The Morgan fingerprint density at radius 1 is 1.35 bits per heavy atom. The minimum absolute atomic E-state index is 0.0314. The van der Waals surface area contributed by atoms with Crippen LogP contribution in [0, 0.1) is 0 Å². The first kappa shape index (κ1) is 16.9. The van der Waals surface area contributed by atoms with Gasteiger partial charge in [0.05, 0.1) is 18.1 Å². The number of methoxy groups -OCH3 is 1. The summed E-state index contributed by atoms with van der Waals surface area (Å²) in [4.78, 5) is 0.199. The summed E-state index contributed by atoms with van der Waals surface area (Å²) in [6.45, 7) is 2.13. The first-order valence-corrected chi connectivity index (χ1v) is 7.89. The van der Waals surface area contributed by atoms with Crippen molar-refractivity contribution in [3.63, 3.8) is 0 Å². The van der Waals surface area contributed by atoms with E-state index < -0.39 is 10.0 Å². The van der Waals surface area contributed by atoms with E-state index in [1.807, 2.05) is 6.92 Å². The van der Waals surface area contributed by atoms with Gasteiger partial charge in [0.25, 0.3) is 0 Å². The molecule has 0 bridgehead atoms. The van der Waals surface area contributed by atoms with Gasteiger partial charge in [-0.25, -0.2) is 8.42 Å². The van der Waals surface area contributed by atoms with Gasteiger partial charge < -0.3 is 15.6 Å². The molecule has 0 amide bonds. The van der Waals surface area contributed by atoms with E-state index in [1.165, 1.54) is 17.5 Å². The zero-order valence-electron chi connectivity index (χ0n) is 11.9. The van der Waals surface area contributed by atoms with Crippen LogP contribution in [0.4, 0.5) is 5.69 Å². The van der Waals surface area contributed by atoms with Gasteiger partial charge in [0.1, 0.15) is 0 Å². The number of benzene rings is 1. The number of rotatable bonds is 8. The fourth-order valence-corrected chi connectivity index (χ4v) is 3.64. The molecule has 0 aromatic heterocycles. The third-order valence-electron chi connectivity index (χ3n) is 2.98. The van der Waals surface area contributed by atoms with Gasteiger partial charge in [-0.2, -0.15) is 4.31 Å². The Kier molecular flexibility index (Phi) is 6.41. The van der Waals surface area contributed by atoms with Crippen LogP contribution >= 0.6 is 0 Å². The number of aliphatic hydroxyl groups excluding tert-OH is 1. The normalized spacial score (nSPS) is 12.0. The van der Waals surface area contributed by atoms with E-state index in [2.05, 4.69) is 0 Å². The largest absolute Gasteiger partial charge is 0.399 e. The lowest BCUT2D eigenvalue weighted by molar-refractivity contribution is 0.168. The average molecular weight is 302 g/mol. The van der Waals surface area contributed by atoms with Gasteiger partial charge in [0.15, 0.2) is 0 Å². The second kappa shape index (κ2) is 7.58. The number of aliphatic hydroxyl groups is 1. The van der Waals surface area contributed by atoms with Gasteiger partial charge in [-0.15, -0.1) is 0 Å². The molecule has 0 aliphatic carbocycles. The molecule has 0 heterocycles. The number of nitrogen functional groups attached to an aromatic ring is 1. The number of nitrogens with two attached hydrogens (primary N) is 1. The van der Waals surface area contributed by atoms with Crippen molar-refractivity contribution in [1.82, 2.24) is 4.31 Å². The third-order valence-corrected chi connectivity index (χ3v) is 4.96. The molecule has 0 aliphatic rings. The Labute approximate surface area is 120 Å². The van der Waals surface area contributed by atoms with Crippen molar-refractivity contribution >= 4 is 15.7 Å². The molecule has 0 fully saturated rings. The van der Waals surface area contributed by atoms with Crippen LogP contribution in [0.3, 0.4) is 0 Å². The molecule has 0 unspecified atom stereocenters. The molecule has 0 radical (unpaired) electrons. The number of hydrogen-bond acceptors (Lipinski definition) is 5. The van der Waals surface area contributed by atoms with E-state index in [0.717, 1.165) is 0 Å². The molecular formula is C13H22N2O4S. The molecule has 1 aromatic rings. The second-order valence-electron chi connectivity index (χ2n) is 4.34. The Bertz CT molecular complexity index is 531. The summed E-state index contributed by atoms with van der Waals surface area (Å²) in [5, 5.41) is 9.06. The molecule has 6 nitrogen and oxygen atoms in total. The molecule has 0 aliphatic heterocycles. The smallest absolute Gasteiger partial charge is 0.243 e. The van der Waals surface area contributed by atoms with Crippen molar-refractivity contribution in [2.24, 2.45) is 0 Å². The predicted molar refractivity (Wildman–Crippen MR) is 78.0 cm³/mol. The van der Waals surface area contributed by atoms with Gasteiger partial charge in [-0.1, -0.05) is 13.0 Å². The highest BCUT2D eigenvalue weighted by Gasteiger charge is 2.26. The zero-order chi connectivity index (χ0) is 15.2. The summed E-state index contributed by atoms with van der Waals surface area (Å²) in [6, 6.07) is 4.87. The molecule has 0 spiro atoms. The van der Waals surface area contributed by atoms with E-state index >= 15 is 0 Å². The van der Waals surface area contributed by atoms with Gasteiger partial charge in [-0.05, 0) is 24.1 Å². The molecule has 0 atom stereocenters. The highest BCUT2D eigenvalue weighted by Crippen LogP contribution is 2.23. The van der Waals surface area contributed by atoms with Crippen molar-refractivity contribution in [2.45, 2.75) is 18.2 Å². The van der Waals surface area contributed by atoms with E-state index in [1.54, 1.807) is 12.1 Å². The number of sulfonamides is 1. The Morgan fingerprint density at radius 3 is 2.60 bits per heavy atom. The van der Waals surface area contributed by atoms with Crippen molar-refractivity contribution in [1.29, 1.82) is 0 Å². The molecule has 0 saturated carbocycles. The Hall–Kier alpha value is -1.15. The molecular weight excluding hydrogens is 280 g/mol. The van der Waals surface area contributed by atoms with E-state index in [4.69, 9.17) is 15.6 Å². The monoisotopic (exact) mass is 302 g/mol. The van der Waals surface area contributed by atoms with Crippen LogP contribution in [0.25, 0.3) is 0 Å². The molecule has 1 rings (SSSR count). The van der Waals surface area contributed by atoms with Gasteiger partial charge in [-0.3, -0.25) is 0 Å². The molecule has 0 saturated heterocycles. The topological polar surface area (TPSA) is 92.9 Å². The SMILES string of the molecule is CCc1ccc(N)cc1S(=O)(=O)N(CCO)CCOC. The van der Waals surface area contributed by atoms with Gasteiger partial charge in [0.2, 0.25) is 10.0 Å². The fraction of sp³-hybridized carbons (Fsp3) is 0.538. The fourth-order valence-electron chi connectivity index (χ4n) is 1.90. The summed E-state index contributed by atoms with van der Waals surface area (Å²) < 4.78 is 31.5. The Morgan fingerprint density at radius 2 is 2.05 bits per heavy atom. The van der Waals surface area contributed by atoms with Crippen LogP contribution in [-0.4, -0.2) is 51.2 Å². The summed E-state index contributed by atoms with van der Waals surface area (Å²) in [7, 11) is -2.19. The zero-order valence-corrected chi connectivity index (χ0v) is 12.7.